The quantitative estimate of drug-likeness (QED) is 0.662. The maximum Gasteiger partial charge on any atom is 0.387 e. The van der Waals surface area contributed by atoms with Crippen molar-refractivity contribution >= 4 is 15.9 Å². The van der Waals surface area contributed by atoms with Gasteiger partial charge in [-0.25, -0.2) is 12.8 Å². The molecule has 168 valence electrons. The smallest absolute Gasteiger partial charge is 0.387 e. The van der Waals surface area contributed by atoms with E-state index in [0.29, 0.717) is 25.8 Å². The zero-order chi connectivity index (χ0) is 22.4. The van der Waals surface area contributed by atoms with E-state index in [0.717, 1.165) is 17.7 Å². The van der Waals surface area contributed by atoms with E-state index in [2.05, 4.69) is 10.1 Å². The van der Waals surface area contributed by atoms with Gasteiger partial charge in [-0.05, 0) is 61.2 Å². The van der Waals surface area contributed by atoms with E-state index in [4.69, 9.17) is 0 Å². The molecule has 1 amide bonds. The average molecular weight is 456 g/mol. The summed E-state index contributed by atoms with van der Waals surface area (Å²) in [4.78, 5) is 12.4. The molecule has 2 aromatic carbocycles. The van der Waals surface area contributed by atoms with Gasteiger partial charge in [0.2, 0.25) is 15.9 Å². The van der Waals surface area contributed by atoms with Gasteiger partial charge in [-0.2, -0.15) is 13.1 Å². The van der Waals surface area contributed by atoms with Gasteiger partial charge < -0.3 is 10.1 Å². The Balaban J connectivity index is 1.44. The van der Waals surface area contributed by atoms with Crippen molar-refractivity contribution in [3.05, 3.63) is 59.9 Å². The molecule has 0 atom stereocenters. The Morgan fingerprint density at radius 3 is 2.26 bits per heavy atom. The first-order valence-corrected chi connectivity index (χ1v) is 11.3. The maximum atomic E-state index is 13.0. The monoisotopic (exact) mass is 456 g/mol. The van der Waals surface area contributed by atoms with Crippen molar-refractivity contribution in [1.29, 1.82) is 0 Å². The number of hydrogen-bond donors (Lipinski definition) is 1. The van der Waals surface area contributed by atoms with Gasteiger partial charge in [0.25, 0.3) is 0 Å². The number of carbonyl (C=O) groups is 1. The molecule has 0 spiro atoms. The molecule has 1 fully saturated rings. The summed E-state index contributed by atoms with van der Waals surface area (Å²) in [7, 11) is -3.71. The van der Waals surface area contributed by atoms with Crippen molar-refractivity contribution < 1.29 is 31.1 Å². The molecule has 0 saturated carbocycles. The Kier molecular flexibility index (Phi) is 7.55. The summed E-state index contributed by atoms with van der Waals surface area (Å²) in [6, 6.07) is 10.9. The first-order chi connectivity index (χ1) is 14.8. The summed E-state index contributed by atoms with van der Waals surface area (Å²) < 4.78 is 68.2. The number of ether oxygens (including phenoxy) is 1. The van der Waals surface area contributed by atoms with Crippen molar-refractivity contribution in [2.75, 3.05) is 19.6 Å². The second-order valence-electron chi connectivity index (χ2n) is 7.20. The molecule has 0 unspecified atom stereocenters. The molecular weight excluding hydrogens is 433 g/mol. The zero-order valence-corrected chi connectivity index (χ0v) is 17.5. The number of carbonyl (C=O) groups excluding carboxylic acids is 1. The molecule has 0 bridgehead atoms. The molecule has 10 heteroatoms. The number of benzene rings is 2. The topological polar surface area (TPSA) is 75.7 Å². The lowest BCUT2D eigenvalue weighted by molar-refractivity contribution is -0.126. The molecule has 0 aromatic heterocycles. The molecular formula is C21H23F3N2O4S. The van der Waals surface area contributed by atoms with Crippen LogP contribution in [0.1, 0.15) is 18.4 Å². The largest absolute Gasteiger partial charge is 0.435 e. The van der Waals surface area contributed by atoms with Crippen molar-refractivity contribution in [1.82, 2.24) is 9.62 Å². The van der Waals surface area contributed by atoms with Crippen molar-refractivity contribution in [2.45, 2.75) is 30.8 Å². The van der Waals surface area contributed by atoms with E-state index < -0.39 is 22.5 Å². The normalized spacial score (nSPS) is 15.7. The van der Waals surface area contributed by atoms with Crippen molar-refractivity contribution in [3.63, 3.8) is 0 Å². The number of amides is 1. The lowest BCUT2D eigenvalue weighted by atomic mass is 9.97. The maximum absolute atomic E-state index is 13.0. The van der Waals surface area contributed by atoms with Crippen LogP contribution in [0.25, 0.3) is 0 Å². The van der Waals surface area contributed by atoms with Gasteiger partial charge in [0.1, 0.15) is 11.6 Å². The van der Waals surface area contributed by atoms with Crippen LogP contribution >= 0.6 is 0 Å². The van der Waals surface area contributed by atoms with Crippen LogP contribution in [0.4, 0.5) is 13.2 Å². The van der Waals surface area contributed by atoms with Crippen LogP contribution in [-0.2, 0) is 21.2 Å². The van der Waals surface area contributed by atoms with Gasteiger partial charge in [0.15, 0.2) is 0 Å². The first kappa shape index (κ1) is 23.1. The number of halogens is 3. The molecule has 0 aliphatic carbocycles. The first-order valence-electron chi connectivity index (χ1n) is 9.83. The van der Waals surface area contributed by atoms with Gasteiger partial charge >= 0.3 is 6.61 Å². The molecule has 1 aliphatic heterocycles. The van der Waals surface area contributed by atoms with Crippen LogP contribution in [-0.4, -0.2) is 44.9 Å². The second kappa shape index (κ2) is 10.1. The Labute approximate surface area is 179 Å². The number of hydrogen-bond acceptors (Lipinski definition) is 4. The van der Waals surface area contributed by atoms with Crippen molar-refractivity contribution in [2.24, 2.45) is 5.92 Å². The molecule has 1 saturated heterocycles. The lowest BCUT2D eigenvalue weighted by Crippen LogP contribution is -2.43. The minimum absolute atomic E-state index is 0.0294. The molecule has 3 rings (SSSR count). The van der Waals surface area contributed by atoms with Crippen molar-refractivity contribution in [3.8, 4) is 5.75 Å². The number of piperidine rings is 1. The second-order valence-corrected chi connectivity index (χ2v) is 9.13. The van der Waals surface area contributed by atoms with Gasteiger partial charge in [-0.3, -0.25) is 4.79 Å². The van der Waals surface area contributed by atoms with Crippen LogP contribution in [0.15, 0.2) is 53.4 Å². The third-order valence-corrected chi connectivity index (χ3v) is 7.05. The highest BCUT2D eigenvalue weighted by Crippen LogP contribution is 2.24. The average Bonchev–Trinajstić information content (AvgIpc) is 2.75. The number of sulfonamides is 1. The SMILES string of the molecule is O=C(NCCc1ccc(OC(F)F)cc1)C1CCN(S(=O)(=O)c2ccc(F)cc2)CC1. The summed E-state index contributed by atoms with van der Waals surface area (Å²) in [5, 5.41) is 2.84. The van der Waals surface area contributed by atoms with Crippen LogP contribution in [0.5, 0.6) is 5.75 Å². The molecule has 2 aromatic rings. The Hall–Kier alpha value is -2.59. The molecule has 1 N–H and O–H groups in total. The number of nitrogens with one attached hydrogen (secondary N) is 1. The minimum atomic E-state index is -3.71. The van der Waals surface area contributed by atoms with Gasteiger partial charge in [-0.1, -0.05) is 12.1 Å². The summed E-state index contributed by atoms with van der Waals surface area (Å²) in [6.07, 6.45) is 1.32. The van der Waals surface area contributed by atoms with Gasteiger partial charge in [-0.15, -0.1) is 0 Å². The summed E-state index contributed by atoms with van der Waals surface area (Å²) in [6.45, 7) is -2.07. The number of rotatable bonds is 8. The van der Waals surface area contributed by atoms with Gasteiger partial charge in [0, 0.05) is 25.6 Å². The van der Waals surface area contributed by atoms with Crippen LogP contribution in [0, 0.1) is 11.7 Å². The predicted molar refractivity (Wildman–Crippen MR) is 108 cm³/mol. The Morgan fingerprint density at radius 2 is 1.68 bits per heavy atom. The predicted octanol–water partition coefficient (Wildman–Crippen LogP) is 3.19. The van der Waals surface area contributed by atoms with E-state index >= 15 is 0 Å². The van der Waals surface area contributed by atoms with Gasteiger partial charge in [0.05, 0.1) is 4.90 Å². The standard InChI is InChI=1S/C21H23F3N2O4S/c22-17-3-7-19(8-4-17)31(28,29)26-13-10-16(11-14-26)20(27)25-12-9-15-1-5-18(6-2-15)30-21(23)24/h1-8,16,21H,9-14H2,(H,25,27). The van der Waals surface area contributed by atoms with Crippen LogP contribution < -0.4 is 10.1 Å². The fraction of sp³-hybridized carbons (Fsp3) is 0.381. The molecule has 0 radical (unpaired) electrons. The molecule has 6 nitrogen and oxygen atoms in total. The number of alkyl halides is 2. The highest BCUT2D eigenvalue weighted by atomic mass is 32.2. The highest BCUT2D eigenvalue weighted by molar-refractivity contribution is 7.89. The van der Waals surface area contributed by atoms with E-state index in [1.54, 1.807) is 12.1 Å². The van der Waals surface area contributed by atoms with E-state index in [-0.39, 0.29) is 35.6 Å². The lowest BCUT2D eigenvalue weighted by Gasteiger charge is -2.30. The fourth-order valence-electron chi connectivity index (χ4n) is 3.43. The third-order valence-electron chi connectivity index (χ3n) is 5.14. The Bertz CT molecular complexity index is 975. The fourth-order valence-corrected chi connectivity index (χ4v) is 4.90. The highest BCUT2D eigenvalue weighted by Gasteiger charge is 2.31. The summed E-state index contributed by atoms with van der Waals surface area (Å²) in [5.41, 5.74) is 0.863. The van der Waals surface area contributed by atoms with Crippen LogP contribution in [0.3, 0.4) is 0 Å². The van der Waals surface area contributed by atoms with E-state index in [1.165, 1.54) is 28.6 Å². The molecule has 1 heterocycles. The van der Waals surface area contributed by atoms with E-state index in [1.807, 2.05) is 0 Å². The van der Waals surface area contributed by atoms with Crippen LogP contribution in [0.2, 0.25) is 0 Å². The minimum Gasteiger partial charge on any atom is -0.435 e. The van der Waals surface area contributed by atoms with E-state index in [9.17, 15) is 26.4 Å². The molecule has 31 heavy (non-hydrogen) atoms. The number of nitrogens with zero attached hydrogens (tertiary/aromatic N) is 1. The third kappa shape index (κ3) is 6.20. The summed E-state index contributed by atoms with van der Waals surface area (Å²) >= 11 is 0. The summed E-state index contributed by atoms with van der Waals surface area (Å²) in [5.74, 6) is -0.866. The zero-order valence-electron chi connectivity index (χ0n) is 16.6. The Morgan fingerprint density at radius 1 is 1.06 bits per heavy atom. The molecule has 1 aliphatic rings.